The van der Waals surface area contributed by atoms with E-state index >= 15 is 0 Å². The van der Waals surface area contributed by atoms with E-state index in [1.165, 1.54) is 21.3 Å². The molecular formula is C27H31ClN2O6. The molecule has 2 heterocycles. The Morgan fingerprint density at radius 1 is 1.00 bits per heavy atom. The van der Waals surface area contributed by atoms with E-state index in [-0.39, 0.29) is 22.7 Å². The predicted molar refractivity (Wildman–Crippen MR) is 139 cm³/mol. The van der Waals surface area contributed by atoms with E-state index in [4.69, 9.17) is 30.2 Å². The van der Waals surface area contributed by atoms with Gasteiger partial charge in [0.05, 0.1) is 38.3 Å². The molecule has 1 aromatic heterocycles. The first-order valence-corrected chi connectivity index (χ1v) is 12.4. The molecule has 0 fully saturated rings. The van der Waals surface area contributed by atoms with Crippen LogP contribution in [0.15, 0.2) is 39.5 Å². The van der Waals surface area contributed by atoms with E-state index in [1.54, 1.807) is 35.2 Å². The topological polar surface area (TPSA) is 81.5 Å². The number of amides is 1. The summed E-state index contributed by atoms with van der Waals surface area (Å²) in [6.45, 7) is 7.34. The first kappa shape index (κ1) is 25.9. The lowest BCUT2D eigenvalue weighted by Crippen LogP contribution is -2.33. The molecule has 0 radical (unpaired) electrons. The molecule has 0 saturated heterocycles. The van der Waals surface area contributed by atoms with Crippen molar-refractivity contribution in [2.24, 2.45) is 0 Å². The molecule has 1 atom stereocenters. The summed E-state index contributed by atoms with van der Waals surface area (Å²) >= 11 is 6.18. The van der Waals surface area contributed by atoms with Gasteiger partial charge in [-0.25, -0.2) is 0 Å². The number of nitrogens with zero attached hydrogens (tertiary/aromatic N) is 2. The summed E-state index contributed by atoms with van der Waals surface area (Å²) in [5, 5.41) is 0.746. The van der Waals surface area contributed by atoms with Crippen LogP contribution in [0.1, 0.15) is 48.0 Å². The number of carbonyl (C=O) groups is 1. The number of halogens is 1. The molecule has 1 aliphatic rings. The minimum atomic E-state index is -0.683. The van der Waals surface area contributed by atoms with Gasteiger partial charge in [-0.3, -0.25) is 9.59 Å². The predicted octanol–water partition coefficient (Wildman–Crippen LogP) is 4.75. The van der Waals surface area contributed by atoms with Crippen LogP contribution in [0.5, 0.6) is 17.2 Å². The van der Waals surface area contributed by atoms with Crippen LogP contribution in [0, 0.1) is 0 Å². The molecule has 0 aliphatic carbocycles. The number of rotatable bonds is 10. The maximum absolute atomic E-state index is 13.8. The second-order valence-electron chi connectivity index (χ2n) is 8.55. The molecule has 192 valence electrons. The summed E-state index contributed by atoms with van der Waals surface area (Å²) in [6, 6.07) is 7.68. The zero-order chi connectivity index (χ0) is 26.0. The number of hydrogen-bond donors (Lipinski definition) is 0. The Morgan fingerprint density at radius 3 is 2.25 bits per heavy atom. The van der Waals surface area contributed by atoms with Gasteiger partial charge in [-0.05, 0) is 62.0 Å². The van der Waals surface area contributed by atoms with Crippen LogP contribution < -0.4 is 19.6 Å². The minimum absolute atomic E-state index is 0.0522. The summed E-state index contributed by atoms with van der Waals surface area (Å²) in [4.78, 5) is 31.4. The monoisotopic (exact) mass is 514 g/mol. The molecule has 8 nitrogen and oxygen atoms in total. The van der Waals surface area contributed by atoms with Gasteiger partial charge in [0.25, 0.3) is 5.91 Å². The van der Waals surface area contributed by atoms with Gasteiger partial charge in [-0.15, -0.1) is 0 Å². The fourth-order valence-electron chi connectivity index (χ4n) is 4.83. The minimum Gasteiger partial charge on any atom is -0.493 e. The van der Waals surface area contributed by atoms with Gasteiger partial charge in [0.2, 0.25) is 11.5 Å². The Balaban J connectivity index is 1.89. The molecule has 9 heteroatoms. The molecule has 0 unspecified atom stereocenters. The van der Waals surface area contributed by atoms with Crippen molar-refractivity contribution in [3.8, 4) is 17.2 Å². The second kappa shape index (κ2) is 10.8. The normalized spacial score (nSPS) is 15.0. The number of hydrogen-bond acceptors (Lipinski definition) is 7. The van der Waals surface area contributed by atoms with E-state index in [1.807, 2.05) is 0 Å². The molecule has 4 rings (SSSR count). The number of ether oxygens (including phenoxy) is 3. The Labute approximate surface area is 215 Å². The first-order valence-electron chi connectivity index (χ1n) is 12.0. The van der Waals surface area contributed by atoms with Crippen LogP contribution in [-0.2, 0) is 0 Å². The lowest BCUT2D eigenvalue weighted by atomic mass is 9.97. The van der Waals surface area contributed by atoms with Gasteiger partial charge < -0.3 is 28.4 Å². The van der Waals surface area contributed by atoms with Gasteiger partial charge in [0, 0.05) is 11.6 Å². The maximum Gasteiger partial charge on any atom is 0.290 e. The summed E-state index contributed by atoms with van der Waals surface area (Å²) < 4.78 is 22.6. The third kappa shape index (κ3) is 4.51. The molecule has 2 aromatic carbocycles. The highest BCUT2D eigenvalue weighted by Crippen LogP contribution is 2.45. The summed E-state index contributed by atoms with van der Waals surface area (Å²) in [7, 11) is 4.58. The fourth-order valence-corrected chi connectivity index (χ4v) is 5.01. The summed E-state index contributed by atoms with van der Waals surface area (Å²) in [5.41, 5.74) is 0.984. The van der Waals surface area contributed by atoms with Crippen LogP contribution in [0.2, 0.25) is 5.02 Å². The Hall–Kier alpha value is -3.23. The molecule has 0 N–H and O–H groups in total. The van der Waals surface area contributed by atoms with Crippen molar-refractivity contribution in [1.29, 1.82) is 0 Å². The van der Waals surface area contributed by atoms with Crippen molar-refractivity contribution in [1.82, 2.24) is 9.80 Å². The average molecular weight is 515 g/mol. The fraction of sp³-hybridized carbons (Fsp3) is 0.407. The van der Waals surface area contributed by atoms with Crippen molar-refractivity contribution in [3.05, 3.63) is 62.5 Å². The van der Waals surface area contributed by atoms with Gasteiger partial charge >= 0.3 is 0 Å². The molecule has 0 bridgehead atoms. The van der Waals surface area contributed by atoms with Gasteiger partial charge in [0.15, 0.2) is 16.9 Å². The molecule has 0 spiro atoms. The summed E-state index contributed by atoms with van der Waals surface area (Å²) in [5.74, 6) is 1.03. The highest BCUT2D eigenvalue weighted by molar-refractivity contribution is 6.31. The smallest absolute Gasteiger partial charge is 0.290 e. The summed E-state index contributed by atoms with van der Waals surface area (Å²) in [6.07, 6.45) is 0.738. The molecule has 3 aromatic rings. The zero-order valence-electron chi connectivity index (χ0n) is 21.2. The molecular weight excluding hydrogens is 484 g/mol. The molecule has 0 saturated carbocycles. The Kier molecular flexibility index (Phi) is 7.76. The van der Waals surface area contributed by atoms with Crippen molar-refractivity contribution in [3.63, 3.8) is 0 Å². The van der Waals surface area contributed by atoms with Crippen molar-refractivity contribution < 1.29 is 23.4 Å². The number of methoxy groups -OCH3 is 3. The number of benzene rings is 2. The van der Waals surface area contributed by atoms with Crippen LogP contribution in [0.4, 0.5) is 0 Å². The molecule has 1 aliphatic heterocycles. The van der Waals surface area contributed by atoms with Crippen LogP contribution >= 0.6 is 11.6 Å². The van der Waals surface area contributed by atoms with Crippen LogP contribution in [0.3, 0.4) is 0 Å². The van der Waals surface area contributed by atoms with E-state index < -0.39 is 6.04 Å². The maximum atomic E-state index is 13.8. The lowest BCUT2D eigenvalue weighted by molar-refractivity contribution is 0.0719. The van der Waals surface area contributed by atoms with Crippen molar-refractivity contribution in [2.75, 3.05) is 47.5 Å². The largest absolute Gasteiger partial charge is 0.493 e. The van der Waals surface area contributed by atoms with E-state index in [0.29, 0.717) is 45.3 Å². The lowest BCUT2D eigenvalue weighted by Gasteiger charge is -2.27. The quantitative estimate of drug-likeness (QED) is 0.386. The van der Waals surface area contributed by atoms with E-state index in [2.05, 4.69) is 18.7 Å². The van der Waals surface area contributed by atoms with E-state index in [0.717, 1.165) is 26.1 Å². The van der Waals surface area contributed by atoms with Crippen LogP contribution in [-0.4, -0.2) is 63.2 Å². The van der Waals surface area contributed by atoms with E-state index in [9.17, 15) is 9.59 Å². The SMILES string of the molecule is CCN(CC)CCCN1C(=O)c2oc3ccc(Cl)cc3c(=O)c2[C@H]1c1cc(OC)c(OC)c(OC)c1. The van der Waals surface area contributed by atoms with Gasteiger partial charge in [0.1, 0.15) is 5.58 Å². The Morgan fingerprint density at radius 2 is 1.67 bits per heavy atom. The van der Waals surface area contributed by atoms with Crippen molar-refractivity contribution >= 4 is 28.5 Å². The van der Waals surface area contributed by atoms with Gasteiger partial charge in [-0.1, -0.05) is 25.4 Å². The van der Waals surface area contributed by atoms with Crippen molar-refractivity contribution in [2.45, 2.75) is 26.3 Å². The first-order chi connectivity index (χ1) is 17.4. The van der Waals surface area contributed by atoms with Gasteiger partial charge in [-0.2, -0.15) is 0 Å². The third-order valence-corrected chi connectivity index (χ3v) is 6.93. The zero-order valence-corrected chi connectivity index (χ0v) is 22.0. The highest BCUT2D eigenvalue weighted by atomic mass is 35.5. The number of fused-ring (bicyclic) bond motifs is 2. The third-order valence-electron chi connectivity index (χ3n) is 6.70. The molecule has 1 amide bonds. The Bertz CT molecular complexity index is 1310. The highest BCUT2D eigenvalue weighted by Gasteiger charge is 2.43. The molecule has 36 heavy (non-hydrogen) atoms. The number of carbonyl (C=O) groups excluding carboxylic acids is 1. The average Bonchev–Trinajstić information content (AvgIpc) is 3.17. The van der Waals surface area contributed by atoms with Crippen LogP contribution in [0.25, 0.3) is 11.0 Å². The second-order valence-corrected chi connectivity index (χ2v) is 8.99. The standard InChI is InChI=1S/C27H31ClN2O6/c1-6-29(7-2)11-8-12-30-23(16-13-20(33-3)25(35-5)21(14-16)34-4)22-24(31)18-15-17(28)9-10-19(18)36-26(22)27(30)32/h9-10,13-15,23H,6-8,11-12H2,1-5H3/t23-/m1/s1.